The molecule has 1 saturated carbocycles. The van der Waals surface area contributed by atoms with E-state index in [0.717, 1.165) is 90.6 Å². The summed E-state index contributed by atoms with van der Waals surface area (Å²) in [5.41, 5.74) is 1.97. The summed E-state index contributed by atoms with van der Waals surface area (Å²) < 4.78 is 6.60. The first-order chi connectivity index (χ1) is 17.6. The maximum atomic E-state index is 13.3. The first kappa shape index (κ1) is 23.9. The van der Waals surface area contributed by atoms with E-state index in [1.54, 1.807) is 23.1 Å². The summed E-state index contributed by atoms with van der Waals surface area (Å²) in [4.78, 5) is 30.0. The second-order valence-corrected chi connectivity index (χ2v) is 12.1. The number of fused-ring (bicyclic) bond motifs is 1. The Kier molecular flexibility index (Phi) is 6.74. The Hall–Kier alpha value is -2.43. The maximum absolute atomic E-state index is 13.3. The van der Waals surface area contributed by atoms with Crippen LogP contribution in [0.1, 0.15) is 51.7 Å². The Morgan fingerprint density at radius 2 is 1.94 bits per heavy atom. The Morgan fingerprint density at radius 3 is 2.72 bits per heavy atom. The van der Waals surface area contributed by atoms with Crippen LogP contribution in [0.4, 0.5) is 11.1 Å². The lowest BCUT2D eigenvalue weighted by Crippen LogP contribution is -2.35. The molecule has 3 fully saturated rings. The van der Waals surface area contributed by atoms with Gasteiger partial charge in [-0.15, -0.1) is 11.8 Å². The number of carbonyl (C=O) groups is 1. The van der Waals surface area contributed by atoms with Crippen molar-refractivity contribution in [1.82, 2.24) is 19.9 Å². The van der Waals surface area contributed by atoms with Gasteiger partial charge in [0.25, 0.3) is 5.91 Å². The average molecular weight is 529 g/mol. The minimum atomic E-state index is 0. The molecule has 194 valence electrons. The number of nitrogens with one attached hydrogen (secondary N) is 2. The fourth-order valence-corrected chi connectivity index (χ4v) is 7.02. The first-order valence-electron chi connectivity index (χ1n) is 12.8. The van der Waals surface area contributed by atoms with Crippen molar-refractivity contribution in [3.8, 4) is 0 Å². The van der Waals surface area contributed by atoms with Crippen molar-refractivity contribution in [2.75, 3.05) is 43.2 Å². The fourth-order valence-electron chi connectivity index (χ4n) is 5.72. The van der Waals surface area contributed by atoms with Gasteiger partial charge in [0.2, 0.25) is 5.95 Å². The molecular formula is C26H36N6O2S2. The number of nitrogens with zero attached hydrogens (tertiary/aromatic N) is 4. The van der Waals surface area contributed by atoms with Gasteiger partial charge in [-0.3, -0.25) is 4.79 Å². The Balaban J connectivity index is 0.00000168. The molecular weight excluding hydrogens is 492 g/mol. The van der Waals surface area contributed by atoms with E-state index in [0.29, 0.717) is 18.0 Å². The second-order valence-electron chi connectivity index (χ2n) is 10.2. The molecule has 2 aromatic heterocycles. The van der Waals surface area contributed by atoms with Crippen LogP contribution in [0, 0.1) is 5.41 Å². The molecule has 1 aliphatic carbocycles. The van der Waals surface area contributed by atoms with Gasteiger partial charge in [-0.1, -0.05) is 11.3 Å². The molecule has 2 N–H and O–H groups in total. The topological polar surface area (TPSA) is 92.3 Å². The Bertz CT molecular complexity index is 1240. The van der Waals surface area contributed by atoms with Gasteiger partial charge in [0.05, 0.1) is 10.2 Å². The summed E-state index contributed by atoms with van der Waals surface area (Å²) in [6.07, 6.45) is 12.1. The molecule has 2 atom stereocenters. The summed E-state index contributed by atoms with van der Waals surface area (Å²) in [5, 5.41) is 8.01. The van der Waals surface area contributed by atoms with E-state index in [4.69, 9.17) is 9.72 Å². The van der Waals surface area contributed by atoms with Crippen LogP contribution in [-0.4, -0.2) is 70.4 Å². The molecule has 0 bridgehead atoms. The number of hydrogen-bond donors (Lipinski definition) is 2. The molecule has 10 heteroatoms. The summed E-state index contributed by atoms with van der Waals surface area (Å²) >= 11 is 3.28. The van der Waals surface area contributed by atoms with Crippen LogP contribution < -0.4 is 10.6 Å². The lowest BCUT2D eigenvalue weighted by molar-refractivity contribution is 0.0191. The highest BCUT2D eigenvalue weighted by Gasteiger charge is 2.41. The highest BCUT2D eigenvalue weighted by Crippen LogP contribution is 2.40. The van der Waals surface area contributed by atoms with E-state index < -0.39 is 0 Å². The summed E-state index contributed by atoms with van der Waals surface area (Å²) in [7, 11) is 0. The smallest absolute Gasteiger partial charge is 0.253 e. The third-order valence-corrected chi connectivity index (χ3v) is 9.50. The molecule has 6 rings (SSSR count). The van der Waals surface area contributed by atoms with Gasteiger partial charge in [-0.05, 0) is 68.4 Å². The molecule has 8 nitrogen and oxygen atoms in total. The van der Waals surface area contributed by atoms with Gasteiger partial charge >= 0.3 is 0 Å². The van der Waals surface area contributed by atoms with Crippen molar-refractivity contribution < 1.29 is 12.4 Å². The van der Waals surface area contributed by atoms with Crippen LogP contribution in [0.5, 0.6) is 0 Å². The number of carbonyl (C=O) groups excluding carboxylic acids is 1. The minimum absolute atomic E-state index is 0. The van der Waals surface area contributed by atoms with Crippen LogP contribution in [0.25, 0.3) is 10.2 Å². The normalized spacial score (nSPS) is 23.4. The zero-order valence-electron chi connectivity index (χ0n) is 20.5. The van der Waals surface area contributed by atoms with Crippen molar-refractivity contribution in [3.05, 3.63) is 36.2 Å². The van der Waals surface area contributed by atoms with Crippen molar-refractivity contribution in [2.24, 2.45) is 5.41 Å². The number of rotatable bonds is 6. The van der Waals surface area contributed by atoms with E-state index >= 15 is 0 Å². The van der Waals surface area contributed by atoms with Gasteiger partial charge in [-0.2, -0.15) is 0 Å². The quantitative estimate of drug-likeness (QED) is 0.412. The Labute approximate surface area is 222 Å². The molecule has 1 amide bonds. The van der Waals surface area contributed by atoms with Crippen LogP contribution in [-0.2, 0) is 4.74 Å². The van der Waals surface area contributed by atoms with Gasteiger partial charge in [-0.25, -0.2) is 15.0 Å². The molecule has 36 heavy (non-hydrogen) atoms. The van der Waals surface area contributed by atoms with E-state index in [2.05, 4.69) is 20.6 Å². The lowest BCUT2D eigenvalue weighted by Gasteiger charge is -2.33. The molecule has 1 aromatic carbocycles. The summed E-state index contributed by atoms with van der Waals surface area (Å²) in [5.74, 6) is 0.831. The molecule has 0 unspecified atom stereocenters. The second kappa shape index (κ2) is 10.1. The number of amides is 1. The van der Waals surface area contributed by atoms with Crippen molar-refractivity contribution in [3.63, 3.8) is 0 Å². The third kappa shape index (κ3) is 5.03. The number of thioether (sulfide) groups is 1. The SMILES string of the molecule is CSc1cnc(N[C@H]2CC[C@H](Nc3nc4ccc(C(=O)N5CCC6(CCOCC6)C5)cc4s3)C2)nc1.[HH].[HH]. The standard InChI is InChI=1S/C26H32N6O2S2.2H2/c1-35-20-14-27-24(28-15-20)29-18-3-4-19(13-18)30-25-31-21-5-2-17(12-22(21)36-25)23(33)32-9-6-26(16-32)7-10-34-11-8-26;;/h2,5,12,14-15,18-19H,3-4,6-11,13,16H2,1H3,(H,30,31)(H,27,28,29);2*1H/t18-,19-;;/m0../s1. The number of thiazole rings is 1. The summed E-state index contributed by atoms with van der Waals surface area (Å²) in [6.45, 7) is 3.34. The van der Waals surface area contributed by atoms with Gasteiger partial charge in [0.1, 0.15) is 0 Å². The zero-order chi connectivity index (χ0) is 24.5. The van der Waals surface area contributed by atoms with Crippen LogP contribution >= 0.6 is 23.1 Å². The highest BCUT2D eigenvalue weighted by molar-refractivity contribution is 7.98. The van der Waals surface area contributed by atoms with Crippen molar-refractivity contribution in [2.45, 2.75) is 55.5 Å². The van der Waals surface area contributed by atoms with E-state index in [-0.39, 0.29) is 14.2 Å². The molecule has 1 spiro atoms. The van der Waals surface area contributed by atoms with Crippen molar-refractivity contribution >= 4 is 50.3 Å². The number of likely N-dealkylation sites (tertiary alicyclic amines) is 1. The molecule has 3 aromatic rings. The van der Waals surface area contributed by atoms with Crippen molar-refractivity contribution in [1.29, 1.82) is 0 Å². The lowest BCUT2D eigenvalue weighted by atomic mass is 9.80. The molecule has 2 aliphatic heterocycles. The fraction of sp³-hybridized carbons (Fsp3) is 0.538. The third-order valence-electron chi connectivity index (χ3n) is 7.87. The first-order valence-corrected chi connectivity index (χ1v) is 14.8. The van der Waals surface area contributed by atoms with E-state index in [1.165, 1.54) is 0 Å². The monoisotopic (exact) mass is 528 g/mol. The van der Waals surface area contributed by atoms with Gasteiger partial charge < -0.3 is 20.3 Å². The van der Waals surface area contributed by atoms with Crippen LogP contribution in [0.2, 0.25) is 0 Å². The molecule has 2 saturated heterocycles. The predicted octanol–water partition coefficient (Wildman–Crippen LogP) is 5.39. The van der Waals surface area contributed by atoms with E-state index in [1.807, 2.05) is 41.7 Å². The largest absolute Gasteiger partial charge is 0.381 e. The number of hydrogen-bond acceptors (Lipinski definition) is 9. The van der Waals surface area contributed by atoms with Crippen LogP contribution in [0.3, 0.4) is 0 Å². The van der Waals surface area contributed by atoms with Gasteiger partial charge in [0, 0.05) is 64.1 Å². The zero-order valence-corrected chi connectivity index (χ0v) is 22.2. The predicted molar refractivity (Wildman–Crippen MR) is 149 cm³/mol. The van der Waals surface area contributed by atoms with E-state index in [9.17, 15) is 4.79 Å². The molecule has 0 radical (unpaired) electrons. The van der Waals surface area contributed by atoms with Gasteiger partial charge in [0.15, 0.2) is 5.13 Å². The average Bonchev–Trinajstić information content (AvgIpc) is 3.63. The number of aromatic nitrogens is 3. The molecule has 3 aliphatic rings. The summed E-state index contributed by atoms with van der Waals surface area (Å²) in [6, 6.07) is 6.64. The van der Waals surface area contributed by atoms with Crippen LogP contribution in [0.15, 0.2) is 35.5 Å². The number of ether oxygens (including phenoxy) is 1. The molecule has 4 heterocycles. The highest BCUT2D eigenvalue weighted by atomic mass is 32.2. The Morgan fingerprint density at radius 1 is 1.17 bits per heavy atom. The maximum Gasteiger partial charge on any atom is 0.253 e. The number of benzene rings is 1. The minimum Gasteiger partial charge on any atom is -0.381 e. The number of anilines is 2.